The highest BCUT2D eigenvalue weighted by molar-refractivity contribution is 7.99. The summed E-state index contributed by atoms with van der Waals surface area (Å²) in [5.74, 6) is 1.91. The number of rotatable bonds is 9. The van der Waals surface area contributed by atoms with Crippen LogP contribution in [0.15, 0.2) is 27.8 Å². The molecule has 0 bridgehead atoms. The number of aliphatic imine (C=N–C) groups is 1. The van der Waals surface area contributed by atoms with Crippen LogP contribution in [0, 0.1) is 0 Å². The predicted octanol–water partition coefficient (Wildman–Crippen LogP) is 2.91. The molecule has 0 saturated carbocycles. The molecule has 4 nitrogen and oxygen atoms in total. The summed E-state index contributed by atoms with van der Waals surface area (Å²) < 4.78 is 5.33. The van der Waals surface area contributed by atoms with Gasteiger partial charge in [0.2, 0.25) is 0 Å². The van der Waals surface area contributed by atoms with E-state index in [1.165, 1.54) is 6.42 Å². The van der Waals surface area contributed by atoms with Crippen molar-refractivity contribution in [2.45, 2.75) is 38.4 Å². The number of thioether (sulfide) groups is 1. The van der Waals surface area contributed by atoms with E-state index in [1.54, 1.807) is 6.26 Å². The average Bonchev–Trinajstić information content (AvgIpc) is 2.97. The number of furan rings is 1. The fraction of sp³-hybridized carbons (Fsp3) is 0.667. The van der Waals surface area contributed by atoms with Crippen molar-refractivity contribution in [3.8, 4) is 0 Å². The van der Waals surface area contributed by atoms with Crippen LogP contribution in [0.25, 0.3) is 0 Å². The van der Waals surface area contributed by atoms with Crippen LogP contribution in [0.4, 0.5) is 0 Å². The Bertz CT molecular complexity index is 365. The van der Waals surface area contributed by atoms with Crippen molar-refractivity contribution in [1.82, 2.24) is 10.6 Å². The van der Waals surface area contributed by atoms with Crippen LogP contribution in [0.2, 0.25) is 0 Å². The van der Waals surface area contributed by atoms with Gasteiger partial charge in [0.15, 0.2) is 5.96 Å². The van der Waals surface area contributed by atoms with Crippen LogP contribution in [0.5, 0.6) is 0 Å². The molecule has 114 valence electrons. The van der Waals surface area contributed by atoms with Gasteiger partial charge in [-0.25, -0.2) is 0 Å². The smallest absolute Gasteiger partial charge is 0.191 e. The average molecular weight is 297 g/mol. The van der Waals surface area contributed by atoms with Crippen LogP contribution in [0.3, 0.4) is 0 Å². The third kappa shape index (κ3) is 7.48. The first-order chi connectivity index (χ1) is 9.76. The summed E-state index contributed by atoms with van der Waals surface area (Å²) in [4.78, 5) is 4.63. The molecular weight excluding hydrogens is 270 g/mol. The van der Waals surface area contributed by atoms with E-state index in [0.717, 1.165) is 44.2 Å². The first kappa shape index (κ1) is 17.0. The molecule has 2 N–H and O–H groups in total. The zero-order valence-corrected chi connectivity index (χ0v) is 13.6. The Morgan fingerprint density at radius 1 is 1.40 bits per heavy atom. The summed E-state index contributed by atoms with van der Waals surface area (Å²) >= 11 is 1.84. The van der Waals surface area contributed by atoms with E-state index in [9.17, 15) is 0 Å². The first-order valence-corrected chi connectivity index (χ1v) is 8.62. The SMILES string of the molecule is CCCCNC(=NCC(C)SC)NCCc1ccco1. The highest BCUT2D eigenvalue weighted by Crippen LogP contribution is 2.04. The summed E-state index contributed by atoms with van der Waals surface area (Å²) in [5, 5.41) is 7.29. The van der Waals surface area contributed by atoms with Gasteiger partial charge in [0, 0.05) is 24.8 Å². The van der Waals surface area contributed by atoms with Gasteiger partial charge in [-0.1, -0.05) is 20.3 Å². The molecule has 20 heavy (non-hydrogen) atoms. The van der Waals surface area contributed by atoms with E-state index in [-0.39, 0.29) is 0 Å². The second-order valence-corrected chi connectivity index (χ2v) is 6.05. The van der Waals surface area contributed by atoms with Crippen LogP contribution in [-0.4, -0.2) is 37.1 Å². The number of hydrogen-bond acceptors (Lipinski definition) is 3. The number of guanidine groups is 1. The molecule has 1 atom stereocenters. The number of nitrogens with zero attached hydrogens (tertiary/aromatic N) is 1. The lowest BCUT2D eigenvalue weighted by molar-refractivity contribution is 0.506. The molecule has 1 heterocycles. The Hall–Kier alpha value is -1.10. The van der Waals surface area contributed by atoms with Crippen molar-refractivity contribution >= 4 is 17.7 Å². The Morgan fingerprint density at radius 2 is 2.20 bits per heavy atom. The molecule has 1 aromatic heterocycles. The molecule has 5 heteroatoms. The van der Waals surface area contributed by atoms with E-state index in [2.05, 4.69) is 35.7 Å². The van der Waals surface area contributed by atoms with E-state index in [4.69, 9.17) is 4.42 Å². The van der Waals surface area contributed by atoms with Gasteiger partial charge >= 0.3 is 0 Å². The second kappa shape index (κ2) is 10.7. The number of hydrogen-bond donors (Lipinski definition) is 2. The normalized spacial score (nSPS) is 13.2. The molecule has 0 aromatic carbocycles. The van der Waals surface area contributed by atoms with Gasteiger partial charge in [0.25, 0.3) is 0 Å². The van der Waals surface area contributed by atoms with Crippen molar-refractivity contribution in [3.63, 3.8) is 0 Å². The number of nitrogens with one attached hydrogen (secondary N) is 2. The summed E-state index contributed by atoms with van der Waals surface area (Å²) in [7, 11) is 0. The van der Waals surface area contributed by atoms with Crippen molar-refractivity contribution in [3.05, 3.63) is 24.2 Å². The molecule has 0 fully saturated rings. The lowest BCUT2D eigenvalue weighted by Gasteiger charge is -2.13. The van der Waals surface area contributed by atoms with Crippen molar-refractivity contribution < 1.29 is 4.42 Å². The summed E-state index contributed by atoms with van der Waals surface area (Å²) in [6.07, 6.45) is 7.06. The molecule has 0 amide bonds. The summed E-state index contributed by atoms with van der Waals surface area (Å²) in [6, 6.07) is 3.92. The predicted molar refractivity (Wildman–Crippen MR) is 88.6 cm³/mol. The third-order valence-electron chi connectivity index (χ3n) is 2.98. The summed E-state index contributed by atoms with van der Waals surface area (Å²) in [6.45, 7) is 7.03. The monoisotopic (exact) mass is 297 g/mol. The molecule has 0 radical (unpaired) electrons. The first-order valence-electron chi connectivity index (χ1n) is 7.33. The summed E-state index contributed by atoms with van der Waals surface area (Å²) in [5.41, 5.74) is 0. The molecule has 1 unspecified atom stereocenters. The lowest BCUT2D eigenvalue weighted by Crippen LogP contribution is -2.39. The lowest BCUT2D eigenvalue weighted by atomic mass is 10.3. The quantitative estimate of drug-likeness (QED) is 0.418. The molecule has 0 aliphatic heterocycles. The van der Waals surface area contributed by atoms with Crippen LogP contribution >= 0.6 is 11.8 Å². The zero-order chi connectivity index (χ0) is 14.6. The van der Waals surface area contributed by atoms with Crippen LogP contribution in [0.1, 0.15) is 32.4 Å². The zero-order valence-electron chi connectivity index (χ0n) is 12.8. The maximum absolute atomic E-state index is 5.33. The highest BCUT2D eigenvalue weighted by Gasteiger charge is 2.02. The molecule has 0 aliphatic rings. The Morgan fingerprint density at radius 3 is 2.85 bits per heavy atom. The van der Waals surface area contributed by atoms with Crippen LogP contribution in [-0.2, 0) is 6.42 Å². The maximum atomic E-state index is 5.33. The van der Waals surface area contributed by atoms with Crippen LogP contribution < -0.4 is 10.6 Å². The van der Waals surface area contributed by atoms with Gasteiger partial charge in [-0.3, -0.25) is 4.99 Å². The Labute approximate surface area is 126 Å². The minimum Gasteiger partial charge on any atom is -0.469 e. The van der Waals surface area contributed by atoms with Gasteiger partial charge in [-0.15, -0.1) is 0 Å². The van der Waals surface area contributed by atoms with Crippen molar-refractivity contribution in [2.24, 2.45) is 4.99 Å². The van der Waals surface area contributed by atoms with Gasteiger partial charge in [0.05, 0.1) is 12.8 Å². The van der Waals surface area contributed by atoms with Crippen molar-refractivity contribution in [1.29, 1.82) is 0 Å². The maximum Gasteiger partial charge on any atom is 0.191 e. The molecule has 0 spiro atoms. The minimum atomic E-state index is 0.546. The van der Waals surface area contributed by atoms with Crippen molar-refractivity contribution in [2.75, 3.05) is 25.9 Å². The molecule has 0 saturated heterocycles. The van der Waals surface area contributed by atoms with Gasteiger partial charge in [-0.05, 0) is 24.8 Å². The van der Waals surface area contributed by atoms with E-state index in [1.807, 2.05) is 23.9 Å². The fourth-order valence-corrected chi connectivity index (χ4v) is 1.83. The number of unbranched alkanes of at least 4 members (excludes halogenated alkanes) is 1. The van der Waals surface area contributed by atoms with Gasteiger partial charge in [0.1, 0.15) is 5.76 Å². The Kier molecular flexibility index (Phi) is 9.04. The standard InChI is InChI=1S/C15H27N3OS/c1-4-5-9-16-15(18-12-13(2)20-3)17-10-8-14-7-6-11-19-14/h6-7,11,13H,4-5,8-10,12H2,1-3H3,(H2,16,17,18). The highest BCUT2D eigenvalue weighted by atomic mass is 32.2. The largest absolute Gasteiger partial charge is 0.469 e. The topological polar surface area (TPSA) is 49.6 Å². The van der Waals surface area contributed by atoms with E-state index < -0.39 is 0 Å². The molecule has 1 aromatic rings. The third-order valence-corrected chi connectivity index (χ3v) is 3.93. The van der Waals surface area contributed by atoms with E-state index in [0.29, 0.717) is 5.25 Å². The van der Waals surface area contributed by atoms with E-state index >= 15 is 0 Å². The molecule has 0 aliphatic carbocycles. The minimum absolute atomic E-state index is 0.546. The molecular formula is C15H27N3OS. The Balaban J connectivity index is 2.35. The van der Waals surface area contributed by atoms with Gasteiger partial charge < -0.3 is 15.1 Å². The van der Waals surface area contributed by atoms with Gasteiger partial charge in [-0.2, -0.15) is 11.8 Å². The second-order valence-electron chi connectivity index (χ2n) is 4.77. The fourth-order valence-electron chi connectivity index (χ4n) is 1.61. The molecule has 1 rings (SSSR count).